The molecule has 0 spiro atoms. The fraction of sp³-hybridized carbons (Fsp3) is 0.917. The molecular weight excluding hydrogens is 206 g/mol. The molecule has 0 amide bonds. The van der Waals surface area contributed by atoms with E-state index in [0.29, 0.717) is 12.3 Å². The van der Waals surface area contributed by atoms with Crippen molar-refractivity contribution in [1.29, 1.82) is 0 Å². The Hall–Kier alpha value is -0.610. The van der Waals surface area contributed by atoms with Crippen LogP contribution in [0.5, 0.6) is 0 Å². The molecule has 2 N–H and O–H groups in total. The maximum atomic E-state index is 11.6. The molecule has 0 aliphatic carbocycles. The van der Waals surface area contributed by atoms with E-state index in [9.17, 15) is 4.79 Å². The van der Waals surface area contributed by atoms with Crippen LogP contribution in [0, 0.1) is 5.92 Å². The molecule has 1 fully saturated rings. The number of hydrogen-bond donors (Lipinski definition) is 2. The van der Waals surface area contributed by atoms with Crippen molar-refractivity contribution < 1.29 is 14.6 Å². The highest BCUT2D eigenvalue weighted by molar-refractivity contribution is 5.70. The highest BCUT2D eigenvalue weighted by atomic mass is 16.6. The van der Waals surface area contributed by atoms with Crippen LogP contribution in [-0.2, 0) is 9.53 Å². The molecule has 0 aromatic carbocycles. The van der Waals surface area contributed by atoms with Crippen molar-refractivity contribution in [3.05, 3.63) is 0 Å². The lowest BCUT2D eigenvalue weighted by molar-refractivity contribution is -0.156. The van der Waals surface area contributed by atoms with Crippen molar-refractivity contribution in [2.75, 3.05) is 13.2 Å². The highest BCUT2D eigenvalue weighted by Gasteiger charge is 2.24. The second-order valence-corrected chi connectivity index (χ2v) is 5.52. The minimum atomic E-state index is -0.396. The summed E-state index contributed by atoms with van der Waals surface area (Å²) >= 11 is 0. The zero-order valence-corrected chi connectivity index (χ0v) is 10.5. The molecule has 16 heavy (non-hydrogen) atoms. The molecule has 1 rings (SSSR count). The van der Waals surface area contributed by atoms with Gasteiger partial charge >= 0.3 is 5.97 Å². The third-order valence-electron chi connectivity index (χ3n) is 2.71. The molecule has 94 valence electrons. The van der Waals surface area contributed by atoms with Crippen LogP contribution in [0.3, 0.4) is 0 Å². The summed E-state index contributed by atoms with van der Waals surface area (Å²) in [4.78, 5) is 11.6. The van der Waals surface area contributed by atoms with Gasteiger partial charge in [-0.2, -0.15) is 0 Å². The average molecular weight is 229 g/mol. The van der Waals surface area contributed by atoms with E-state index in [-0.39, 0.29) is 18.6 Å². The van der Waals surface area contributed by atoms with Crippen LogP contribution in [0.4, 0.5) is 0 Å². The summed E-state index contributed by atoms with van der Waals surface area (Å²) in [6, 6.07) is 0.204. The minimum absolute atomic E-state index is 0.123. The molecule has 0 saturated carbocycles. The Morgan fingerprint density at radius 3 is 2.56 bits per heavy atom. The first-order valence-corrected chi connectivity index (χ1v) is 5.97. The van der Waals surface area contributed by atoms with E-state index in [0.717, 1.165) is 19.4 Å². The summed E-state index contributed by atoms with van der Waals surface area (Å²) in [6.07, 6.45) is 2.39. The van der Waals surface area contributed by atoms with Crippen LogP contribution >= 0.6 is 0 Å². The molecule has 0 aromatic rings. The van der Waals surface area contributed by atoms with Gasteiger partial charge < -0.3 is 15.2 Å². The summed E-state index contributed by atoms with van der Waals surface area (Å²) in [5.41, 5.74) is -0.396. The Morgan fingerprint density at radius 1 is 1.44 bits per heavy atom. The highest BCUT2D eigenvalue weighted by Crippen LogP contribution is 2.19. The van der Waals surface area contributed by atoms with Gasteiger partial charge in [-0.15, -0.1) is 0 Å². The van der Waals surface area contributed by atoms with Gasteiger partial charge in [0.1, 0.15) is 5.60 Å². The molecule has 1 aliphatic rings. The number of hydrogen-bond acceptors (Lipinski definition) is 4. The van der Waals surface area contributed by atoms with E-state index < -0.39 is 5.60 Å². The summed E-state index contributed by atoms with van der Waals surface area (Å²) in [6.45, 7) is 6.62. The Morgan fingerprint density at radius 2 is 2.12 bits per heavy atom. The molecule has 0 aromatic heterocycles. The zero-order valence-electron chi connectivity index (χ0n) is 10.5. The number of aliphatic hydroxyl groups is 1. The topological polar surface area (TPSA) is 58.6 Å². The van der Waals surface area contributed by atoms with E-state index in [2.05, 4.69) is 5.32 Å². The van der Waals surface area contributed by atoms with E-state index in [4.69, 9.17) is 9.84 Å². The lowest BCUT2D eigenvalue weighted by Crippen LogP contribution is -2.42. The lowest BCUT2D eigenvalue weighted by Gasteiger charge is -2.29. The van der Waals surface area contributed by atoms with Crippen molar-refractivity contribution >= 4 is 5.97 Å². The number of carbonyl (C=O) groups is 1. The number of rotatable bonds is 3. The molecule has 4 nitrogen and oxygen atoms in total. The number of carbonyl (C=O) groups excluding carboxylic acids is 1. The van der Waals surface area contributed by atoms with Crippen LogP contribution < -0.4 is 5.32 Å². The number of ether oxygens (including phenoxy) is 1. The largest absolute Gasteiger partial charge is 0.460 e. The summed E-state index contributed by atoms with van der Waals surface area (Å²) in [5.74, 6) is 0.222. The monoisotopic (exact) mass is 229 g/mol. The van der Waals surface area contributed by atoms with Gasteiger partial charge in [0.25, 0.3) is 0 Å². The van der Waals surface area contributed by atoms with Crippen LogP contribution in [-0.4, -0.2) is 35.9 Å². The fourth-order valence-corrected chi connectivity index (χ4v) is 1.92. The smallest absolute Gasteiger partial charge is 0.306 e. The third-order valence-corrected chi connectivity index (χ3v) is 2.71. The quantitative estimate of drug-likeness (QED) is 0.711. The molecule has 0 radical (unpaired) electrons. The van der Waals surface area contributed by atoms with Crippen LogP contribution in [0.25, 0.3) is 0 Å². The van der Waals surface area contributed by atoms with Crippen molar-refractivity contribution in [1.82, 2.24) is 5.32 Å². The first-order valence-electron chi connectivity index (χ1n) is 5.97. The molecule has 2 atom stereocenters. The standard InChI is InChI=1S/C12H23NO3/c1-12(2,3)16-11(15)6-9-4-5-10(8-14)13-7-9/h9-10,13-14H,4-8H2,1-3H3. The van der Waals surface area contributed by atoms with Gasteiger partial charge in [-0.25, -0.2) is 0 Å². The molecule has 1 saturated heterocycles. The van der Waals surface area contributed by atoms with Crippen LogP contribution in [0.1, 0.15) is 40.0 Å². The van der Waals surface area contributed by atoms with Gasteiger partial charge in [-0.05, 0) is 46.1 Å². The van der Waals surface area contributed by atoms with Gasteiger partial charge in [-0.3, -0.25) is 4.79 Å². The van der Waals surface area contributed by atoms with E-state index >= 15 is 0 Å². The predicted octanol–water partition coefficient (Wildman–Crippen LogP) is 1.08. The van der Waals surface area contributed by atoms with E-state index in [1.54, 1.807) is 0 Å². The first-order chi connectivity index (χ1) is 7.40. The SMILES string of the molecule is CC(C)(C)OC(=O)CC1CCC(CO)NC1. The van der Waals surface area contributed by atoms with Gasteiger partial charge in [0.05, 0.1) is 6.61 Å². The second kappa shape index (κ2) is 5.64. The third kappa shape index (κ3) is 4.94. The Kier molecular flexibility index (Phi) is 4.74. The predicted molar refractivity (Wildman–Crippen MR) is 62.1 cm³/mol. The second-order valence-electron chi connectivity index (χ2n) is 5.52. The molecule has 2 unspecified atom stereocenters. The van der Waals surface area contributed by atoms with E-state index in [1.807, 2.05) is 20.8 Å². The number of esters is 1. The normalized spacial score (nSPS) is 26.5. The first kappa shape index (κ1) is 13.5. The van der Waals surface area contributed by atoms with Gasteiger partial charge in [-0.1, -0.05) is 0 Å². The Balaban J connectivity index is 2.26. The maximum absolute atomic E-state index is 11.6. The van der Waals surface area contributed by atoms with Crippen molar-refractivity contribution in [2.24, 2.45) is 5.92 Å². The van der Waals surface area contributed by atoms with E-state index in [1.165, 1.54) is 0 Å². The summed E-state index contributed by atoms with van der Waals surface area (Å²) in [5, 5.41) is 12.2. The molecule has 0 bridgehead atoms. The van der Waals surface area contributed by atoms with Crippen molar-refractivity contribution in [3.8, 4) is 0 Å². The number of piperidine rings is 1. The fourth-order valence-electron chi connectivity index (χ4n) is 1.92. The molecular formula is C12H23NO3. The maximum Gasteiger partial charge on any atom is 0.306 e. The van der Waals surface area contributed by atoms with Gasteiger partial charge in [0.2, 0.25) is 0 Å². The molecule has 4 heteroatoms. The van der Waals surface area contributed by atoms with Gasteiger partial charge in [0.15, 0.2) is 0 Å². The molecule has 1 heterocycles. The van der Waals surface area contributed by atoms with Gasteiger partial charge in [0, 0.05) is 12.5 Å². The average Bonchev–Trinajstić information content (AvgIpc) is 2.16. The van der Waals surface area contributed by atoms with Crippen LogP contribution in [0.2, 0.25) is 0 Å². The lowest BCUT2D eigenvalue weighted by atomic mass is 9.92. The zero-order chi connectivity index (χ0) is 12.2. The summed E-state index contributed by atoms with van der Waals surface area (Å²) in [7, 11) is 0. The number of aliphatic hydroxyl groups excluding tert-OH is 1. The van der Waals surface area contributed by atoms with Crippen molar-refractivity contribution in [2.45, 2.75) is 51.7 Å². The number of nitrogens with one attached hydrogen (secondary N) is 1. The summed E-state index contributed by atoms with van der Waals surface area (Å²) < 4.78 is 5.28. The van der Waals surface area contributed by atoms with Crippen LogP contribution in [0.15, 0.2) is 0 Å². The Bertz CT molecular complexity index is 227. The van der Waals surface area contributed by atoms with Crippen molar-refractivity contribution in [3.63, 3.8) is 0 Å². The Labute approximate surface area is 97.4 Å². The minimum Gasteiger partial charge on any atom is -0.460 e. The molecule has 1 aliphatic heterocycles.